The van der Waals surface area contributed by atoms with E-state index in [0.717, 1.165) is 57.8 Å². The van der Waals surface area contributed by atoms with Crippen LogP contribution in [0.3, 0.4) is 0 Å². The van der Waals surface area contributed by atoms with E-state index in [1.807, 2.05) is 18.2 Å². The molecule has 0 fully saturated rings. The van der Waals surface area contributed by atoms with E-state index in [0.29, 0.717) is 6.42 Å². The highest BCUT2D eigenvalue weighted by Gasteiger charge is 2.25. The largest absolute Gasteiger partial charge is 0.498 e. The Hall–Kier alpha value is -2.26. The summed E-state index contributed by atoms with van der Waals surface area (Å²) in [5, 5.41) is 9.72. The number of ether oxygens (including phenoxy) is 2. The second-order valence-corrected chi connectivity index (χ2v) is 14.8. The molecule has 0 aromatic carbocycles. The van der Waals surface area contributed by atoms with Crippen molar-refractivity contribution in [2.45, 2.75) is 167 Å². The number of nitrogens with two attached hydrogens (primary N) is 1. The van der Waals surface area contributed by atoms with E-state index in [4.69, 9.17) is 24.3 Å². The maximum absolute atomic E-state index is 12.5. The van der Waals surface area contributed by atoms with Gasteiger partial charge in [-0.15, -0.1) is 0 Å². The van der Waals surface area contributed by atoms with Crippen LogP contribution in [0, 0.1) is 0 Å². The molecular weight excluding hydrogens is 689 g/mol. The van der Waals surface area contributed by atoms with Crippen LogP contribution < -0.4 is 5.73 Å². The zero-order chi connectivity index (χ0) is 38.9. The van der Waals surface area contributed by atoms with Gasteiger partial charge in [-0.25, -0.2) is 4.57 Å². The Morgan fingerprint density at radius 2 is 1.19 bits per heavy atom. The molecule has 0 heterocycles. The molecule has 0 aliphatic heterocycles. The van der Waals surface area contributed by atoms with Gasteiger partial charge in [0.1, 0.15) is 6.61 Å². The van der Waals surface area contributed by atoms with Gasteiger partial charge in [0.25, 0.3) is 0 Å². The molecule has 0 amide bonds. The summed E-state index contributed by atoms with van der Waals surface area (Å²) < 4.78 is 33.0. The van der Waals surface area contributed by atoms with Crippen LogP contribution in [0.15, 0.2) is 73.1 Å². The number of phosphoric ester groups is 1. The Balaban J connectivity index is 4.26. The van der Waals surface area contributed by atoms with Crippen molar-refractivity contribution in [2.75, 3.05) is 26.4 Å². The van der Waals surface area contributed by atoms with Crippen LogP contribution in [-0.4, -0.2) is 54.5 Å². The van der Waals surface area contributed by atoms with Crippen LogP contribution in [0.4, 0.5) is 0 Å². The van der Waals surface area contributed by atoms with E-state index < -0.39 is 19.9 Å². The van der Waals surface area contributed by atoms with Crippen LogP contribution in [0.25, 0.3) is 0 Å². The average molecular weight is 766 g/mol. The first kappa shape index (κ1) is 50.7. The van der Waals surface area contributed by atoms with Crippen molar-refractivity contribution in [1.82, 2.24) is 0 Å². The molecule has 3 atom stereocenters. The van der Waals surface area contributed by atoms with E-state index in [1.165, 1.54) is 70.6 Å². The molecule has 0 spiro atoms. The molecular formula is C43H76NO8P. The Kier molecular flexibility index (Phi) is 37.8. The van der Waals surface area contributed by atoms with Gasteiger partial charge < -0.3 is 25.2 Å². The first-order valence-electron chi connectivity index (χ1n) is 20.6. The van der Waals surface area contributed by atoms with Crippen molar-refractivity contribution in [2.24, 2.45) is 5.73 Å². The van der Waals surface area contributed by atoms with Gasteiger partial charge in [0, 0.05) is 13.0 Å². The molecule has 0 aliphatic carbocycles. The maximum Gasteiger partial charge on any atom is 0.472 e. The quantitative estimate of drug-likeness (QED) is 0.0184. The monoisotopic (exact) mass is 766 g/mol. The number of hydrogen-bond acceptors (Lipinski definition) is 8. The van der Waals surface area contributed by atoms with Crippen molar-refractivity contribution in [3.63, 3.8) is 0 Å². The topological polar surface area (TPSA) is 138 Å². The van der Waals surface area contributed by atoms with Crippen LogP contribution in [0.5, 0.6) is 0 Å². The lowest BCUT2D eigenvalue weighted by Crippen LogP contribution is -2.27. The van der Waals surface area contributed by atoms with Gasteiger partial charge in [-0.05, 0) is 89.5 Å². The summed E-state index contributed by atoms with van der Waals surface area (Å²) in [4.78, 5) is 22.4. The molecule has 0 aromatic heterocycles. The van der Waals surface area contributed by atoms with Gasteiger partial charge >= 0.3 is 13.8 Å². The van der Waals surface area contributed by atoms with Crippen molar-refractivity contribution < 1.29 is 37.9 Å². The van der Waals surface area contributed by atoms with Gasteiger partial charge in [0.05, 0.1) is 25.6 Å². The number of esters is 1. The number of carbonyl (C=O) groups excluding carboxylic acids is 1. The van der Waals surface area contributed by atoms with Crippen LogP contribution in [0.1, 0.15) is 155 Å². The van der Waals surface area contributed by atoms with Crippen molar-refractivity contribution in [3.8, 4) is 0 Å². The highest BCUT2D eigenvalue weighted by atomic mass is 31.2. The molecule has 0 saturated carbocycles. The molecule has 0 saturated heterocycles. The lowest BCUT2D eigenvalue weighted by atomic mass is 10.1. The first-order chi connectivity index (χ1) is 25.8. The number of carbonyl (C=O) groups is 1. The summed E-state index contributed by atoms with van der Waals surface area (Å²) in [5.74, 6) is -0.424. The second kappa shape index (κ2) is 39.4. The predicted molar refractivity (Wildman–Crippen MR) is 220 cm³/mol. The third-order valence-corrected chi connectivity index (χ3v) is 9.20. The minimum absolute atomic E-state index is 0.00633. The third kappa shape index (κ3) is 39.3. The summed E-state index contributed by atoms with van der Waals surface area (Å²) in [6.45, 7) is 3.93. The van der Waals surface area contributed by atoms with Gasteiger partial charge in [-0.3, -0.25) is 13.8 Å². The number of aliphatic hydroxyl groups excluding tert-OH is 1. The number of aliphatic hydroxyl groups is 1. The van der Waals surface area contributed by atoms with E-state index in [-0.39, 0.29) is 38.9 Å². The molecule has 0 aliphatic rings. The normalized spacial score (nSPS) is 14.8. The van der Waals surface area contributed by atoms with E-state index in [2.05, 4.69) is 62.5 Å². The zero-order valence-electron chi connectivity index (χ0n) is 33.3. The lowest BCUT2D eigenvalue weighted by molar-refractivity contribution is -0.153. The lowest BCUT2D eigenvalue weighted by Gasteiger charge is -2.19. The van der Waals surface area contributed by atoms with Crippen LogP contribution >= 0.6 is 7.82 Å². The first-order valence-corrected chi connectivity index (χ1v) is 22.0. The molecule has 306 valence electrons. The fourth-order valence-electron chi connectivity index (χ4n) is 5.20. The summed E-state index contributed by atoms with van der Waals surface area (Å²) in [7, 11) is -4.32. The molecule has 0 aromatic rings. The van der Waals surface area contributed by atoms with E-state index in [1.54, 1.807) is 6.26 Å². The summed E-state index contributed by atoms with van der Waals surface area (Å²) in [6, 6.07) is 0. The number of allylic oxidation sites excluding steroid dienone is 10. The van der Waals surface area contributed by atoms with Gasteiger partial charge in [-0.1, -0.05) is 126 Å². The molecule has 0 radical (unpaired) electrons. The summed E-state index contributed by atoms with van der Waals surface area (Å²) in [5.41, 5.74) is 5.35. The smallest absolute Gasteiger partial charge is 0.472 e. The Morgan fingerprint density at radius 1 is 0.660 bits per heavy atom. The Labute approximate surface area is 323 Å². The van der Waals surface area contributed by atoms with Crippen molar-refractivity contribution >= 4 is 13.8 Å². The Bertz CT molecular complexity index is 1050. The molecule has 0 bridgehead atoms. The van der Waals surface area contributed by atoms with Gasteiger partial charge in [-0.2, -0.15) is 0 Å². The minimum Gasteiger partial charge on any atom is -0.498 e. The highest BCUT2D eigenvalue weighted by molar-refractivity contribution is 7.47. The molecule has 10 heteroatoms. The fraction of sp³-hybridized carbons (Fsp3) is 0.698. The van der Waals surface area contributed by atoms with Crippen molar-refractivity contribution in [1.29, 1.82) is 0 Å². The number of rotatable bonds is 38. The Morgan fingerprint density at radius 3 is 1.79 bits per heavy atom. The minimum atomic E-state index is -4.32. The molecule has 53 heavy (non-hydrogen) atoms. The van der Waals surface area contributed by atoms with Crippen LogP contribution in [-0.2, 0) is 27.9 Å². The van der Waals surface area contributed by atoms with Crippen LogP contribution in [0.2, 0.25) is 0 Å². The maximum atomic E-state index is 12.5. The molecule has 2 unspecified atom stereocenters. The molecule has 0 rings (SSSR count). The number of hydrogen-bond donors (Lipinski definition) is 3. The molecule has 9 nitrogen and oxygen atoms in total. The SMILES string of the molecule is CCCCCC/C=C\CCCCCCCC/C=C/OC[C@H](COP(=O)(O)OCCN)OC(=O)CCC/C=C\C/C=C\C/C=C\C/C=C\CC(O)CCC. The van der Waals surface area contributed by atoms with E-state index in [9.17, 15) is 19.4 Å². The van der Waals surface area contributed by atoms with Gasteiger partial charge in [0.15, 0.2) is 6.10 Å². The summed E-state index contributed by atoms with van der Waals surface area (Å²) >= 11 is 0. The second-order valence-electron chi connectivity index (χ2n) is 13.4. The number of phosphoric acid groups is 1. The van der Waals surface area contributed by atoms with Crippen molar-refractivity contribution in [3.05, 3.63) is 73.1 Å². The zero-order valence-corrected chi connectivity index (χ0v) is 34.2. The van der Waals surface area contributed by atoms with Gasteiger partial charge in [0.2, 0.25) is 0 Å². The fourth-order valence-corrected chi connectivity index (χ4v) is 5.96. The summed E-state index contributed by atoms with van der Waals surface area (Å²) in [6.07, 6.45) is 46.5. The predicted octanol–water partition coefficient (Wildman–Crippen LogP) is 11.3. The average Bonchev–Trinajstić information content (AvgIpc) is 3.14. The highest BCUT2D eigenvalue weighted by Crippen LogP contribution is 2.43. The molecule has 4 N–H and O–H groups in total. The third-order valence-electron chi connectivity index (χ3n) is 8.22. The number of unbranched alkanes of at least 4 members (excludes halogenated alkanes) is 12. The standard InChI is InChI=1S/C43H76NO8P/c1-3-5-6-7-8-9-10-11-12-13-17-20-23-26-29-32-37-49-39-42(40-51-53(47,48)50-38-36-44)52-43(46)35-31-28-25-22-19-16-14-15-18-21-24-27-30-34-41(45)33-4-2/h9-10,14,16,18,21-22,25,27,30,32,37,41-42,45H,3-8,11-13,15,17,19-20,23-24,26,28-29,31,33-36,38-40,44H2,1-2H3,(H,47,48)/b10-9-,16-14-,21-18-,25-22-,30-27-,37-32+/t41?,42-/m1/s1. The van der Waals surface area contributed by atoms with E-state index >= 15 is 0 Å².